The van der Waals surface area contributed by atoms with Crippen molar-refractivity contribution in [2.45, 2.75) is 50.1 Å². The van der Waals surface area contributed by atoms with E-state index in [1.54, 1.807) is 0 Å². The molecule has 3 rings (SSSR count). The number of carbonyl (C=O) groups is 1. The second-order valence-electron chi connectivity index (χ2n) is 5.94. The van der Waals surface area contributed by atoms with Gasteiger partial charge in [-0.1, -0.05) is 11.8 Å². The average molecular weight is 297 g/mol. The molecule has 3 fully saturated rings. The van der Waals surface area contributed by atoms with E-state index in [1.165, 1.54) is 0 Å². The van der Waals surface area contributed by atoms with Gasteiger partial charge in [-0.05, 0) is 32.1 Å². The van der Waals surface area contributed by atoms with E-state index < -0.39 is 0 Å². The molecule has 0 aromatic heterocycles. The first-order valence-electron chi connectivity index (χ1n) is 7.58. The first kappa shape index (κ1) is 14.2. The minimum absolute atomic E-state index is 0.181. The number of amides is 1. The summed E-state index contributed by atoms with van der Waals surface area (Å²) in [4.78, 5) is 16.1. The van der Waals surface area contributed by atoms with Crippen LogP contribution in [-0.4, -0.2) is 48.2 Å². The average Bonchev–Trinajstić information content (AvgIpc) is 3.18. The quantitative estimate of drug-likeness (QED) is 0.751. The van der Waals surface area contributed by atoms with Crippen LogP contribution in [0.15, 0.2) is 4.99 Å². The second-order valence-corrected chi connectivity index (χ2v) is 6.90. The molecule has 0 radical (unpaired) electrons. The zero-order chi connectivity index (χ0) is 13.8. The number of aliphatic imine (C=N–C) groups is 1. The fourth-order valence-corrected chi connectivity index (χ4v) is 3.81. The van der Waals surface area contributed by atoms with Crippen molar-refractivity contribution in [3.05, 3.63) is 0 Å². The summed E-state index contributed by atoms with van der Waals surface area (Å²) in [5, 5.41) is 7.63. The molecular formula is C14H23N3O2S. The van der Waals surface area contributed by atoms with Crippen LogP contribution in [0.3, 0.4) is 0 Å². The van der Waals surface area contributed by atoms with E-state index in [0.717, 1.165) is 62.8 Å². The maximum Gasteiger partial charge on any atom is 0.220 e. The summed E-state index contributed by atoms with van der Waals surface area (Å²) in [5.41, 5.74) is 0.213. The number of hydrogen-bond acceptors (Lipinski definition) is 4. The lowest BCUT2D eigenvalue weighted by atomic mass is 9.93. The Morgan fingerprint density at radius 3 is 3.00 bits per heavy atom. The third kappa shape index (κ3) is 3.88. The SMILES string of the molecule is O=C(CCCN=C1NC2(CCOCC2)CS1)NC1CC1. The van der Waals surface area contributed by atoms with Gasteiger partial charge in [-0.2, -0.15) is 0 Å². The van der Waals surface area contributed by atoms with Gasteiger partial charge in [0.2, 0.25) is 5.91 Å². The van der Waals surface area contributed by atoms with Gasteiger partial charge in [-0.15, -0.1) is 0 Å². The molecular weight excluding hydrogens is 274 g/mol. The highest BCUT2D eigenvalue weighted by molar-refractivity contribution is 8.14. The summed E-state index contributed by atoms with van der Waals surface area (Å²) in [6.07, 6.45) is 5.88. The molecule has 6 heteroatoms. The molecule has 1 spiro atoms. The highest BCUT2D eigenvalue weighted by Crippen LogP contribution is 2.31. The van der Waals surface area contributed by atoms with Crippen LogP contribution in [0.1, 0.15) is 38.5 Å². The first-order valence-corrected chi connectivity index (χ1v) is 8.57. The zero-order valence-electron chi connectivity index (χ0n) is 11.8. The van der Waals surface area contributed by atoms with Crippen molar-refractivity contribution >= 4 is 22.8 Å². The first-order chi connectivity index (χ1) is 9.76. The molecule has 20 heavy (non-hydrogen) atoms. The van der Waals surface area contributed by atoms with Gasteiger partial charge in [0.25, 0.3) is 0 Å². The molecule has 1 aliphatic carbocycles. The Hall–Kier alpha value is -0.750. The zero-order valence-corrected chi connectivity index (χ0v) is 12.6. The fraction of sp³-hybridized carbons (Fsp3) is 0.857. The summed E-state index contributed by atoms with van der Waals surface area (Å²) in [5.74, 6) is 1.28. The number of ether oxygens (including phenoxy) is 1. The van der Waals surface area contributed by atoms with Crippen molar-refractivity contribution in [3.63, 3.8) is 0 Å². The van der Waals surface area contributed by atoms with E-state index in [1.807, 2.05) is 11.8 Å². The smallest absolute Gasteiger partial charge is 0.220 e. The normalized spacial score (nSPS) is 26.7. The molecule has 0 bridgehead atoms. The van der Waals surface area contributed by atoms with E-state index in [2.05, 4.69) is 15.6 Å². The summed E-state index contributed by atoms with van der Waals surface area (Å²) in [7, 11) is 0. The Balaban J connectivity index is 1.35. The minimum atomic E-state index is 0.181. The van der Waals surface area contributed by atoms with Crippen LogP contribution in [0.2, 0.25) is 0 Å². The van der Waals surface area contributed by atoms with E-state index in [0.29, 0.717) is 12.5 Å². The van der Waals surface area contributed by atoms with Crippen molar-refractivity contribution in [1.29, 1.82) is 0 Å². The number of hydrogen-bond donors (Lipinski definition) is 2. The number of rotatable bonds is 5. The van der Waals surface area contributed by atoms with Crippen molar-refractivity contribution in [2.24, 2.45) is 4.99 Å². The molecule has 2 heterocycles. The van der Waals surface area contributed by atoms with Crippen LogP contribution in [0.4, 0.5) is 0 Å². The summed E-state index contributed by atoms with van der Waals surface area (Å²) >= 11 is 1.81. The maximum absolute atomic E-state index is 11.5. The highest BCUT2D eigenvalue weighted by atomic mass is 32.2. The van der Waals surface area contributed by atoms with E-state index in [-0.39, 0.29) is 11.4 Å². The Kier molecular flexibility index (Phi) is 4.51. The van der Waals surface area contributed by atoms with Gasteiger partial charge >= 0.3 is 0 Å². The van der Waals surface area contributed by atoms with E-state index >= 15 is 0 Å². The largest absolute Gasteiger partial charge is 0.381 e. The monoisotopic (exact) mass is 297 g/mol. The van der Waals surface area contributed by atoms with Crippen LogP contribution in [0.5, 0.6) is 0 Å². The Morgan fingerprint density at radius 2 is 2.25 bits per heavy atom. The van der Waals surface area contributed by atoms with Gasteiger partial charge in [-0.3, -0.25) is 9.79 Å². The van der Waals surface area contributed by atoms with Crippen LogP contribution in [0.25, 0.3) is 0 Å². The number of thioether (sulfide) groups is 1. The molecule has 1 amide bonds. The van der Waals surface area contributed by atoms with Gasteiger partial charge in [0.1, 0.15) is 0 Å². The molecule has 2 aliphatic heterocycles. The van der Waals surface area contributed by atoms with Crippen molar-refractivity contribution < 1.29 is 9.53 Å². The third-order valence-corrected chi connectivity index (χ3v) is 5.27. The van der Waals surface area contributed by atoms with Gasteiger partial charge in [0.15, 0.2) is 5.17 Å². The van der Waals surface area contributed by atoms with Gasteiger partial charge in [-0.25, -0.2) is 0 Å². The predicted molar refractivity (Wildman–Crippen MR) is 81.1 cm³/mol. The van der Waals surface area contributed by atoms with Crippen molar-refractivity contribution in [3.8, 4) is 0 Å². The Labute approximate surface area is 124 Å². The molecule has 5 nitrogen and oxygen atoms in total. The van der Waals surface area contributed by atoms with Gasteiger partial charge < -0.3 is 15.4 Å². The molecule has 0 aromatic rings. The lowest BCUT2D eigenvalue weighted by molar-refractivity contribution is -0.121. The second kappa shape index (κ2) is 6.35. The molecule has 3 aliphatic rings. The van der Waals surface area contributed by atoms with Crippen molar-refractivity contribution in [2.75, 3.05) is 25.5 Å². The highest BCUT2D eigenvalue weighted by Gasteiger charge is 2.38. The predicted octanol–water partition coefficient (Wildman–Crippen LogP) is 1.29. The van der Waals surface area contributed by atoms with Crippen molar-refractivity contribution in [1.82, 2.24) is 10.6 Å². The lowest BCUT2D eigenvalue weighted by Gasteiger charge is -2.32. The summed E-state index contributed by atoms with van der Waals surface area (Å²) in [6.45, 7) is 2.43. The lowest BCUT2D eigenvalue weighted by Crippen LogP contribution is -2.48. The van der Waals surface area contributed by atoms with E-state index in [9.17, 15) is 4.79 Å². The van der Waals surface area contributed by atoms with Crippen LogP contribution >= 0.6 is 11.8 Å². The Morgan fingerprint density at radius 1 is 1.45 bits per heavy atom. The number of amidine groups is 1. The summed E-state index contributed by atoms with van der Waals surface area (Å²) < 4.78 is 5.42. The standard InChI is InChI=1S/C14H23N3O2S/c18-12(16-11-3-4-11)2-1-7-15-13-17-14(10-20-13)5-8-19-9-6-14/h11H,1-10H2,(H,15,17)(H,16,18). The molecule has 112 valence electrons. The third-order valence-electron chi connectivity index (χ3n) is 4.07. The van der Waals surface area contributed by atoms with Crippen LogP contribution in [-0.2, 0) is 9.53 Å². The minimum Gasteiger partial charge on any atom is -0.381 e. The van der Waals surface area contributed by atoms with Crippen LogP contribution < -0.4 is 10.6 Å². The number of nitrogens with zero attached hydrogens (tertiary/aromatic N) is 1. The number of nitrogens with one attached hydrogen (secondary N) is 2. The van der Waals surface area contributed by atoms with Crippen LogP contribution in [0, 0.1) is 0 Å². The number of carbonyl (C=O) groups excluding carboxylic acids is 1. The molecule has 0 atom stereocenters. The topological polar surface area (TPSA) is 62.7 Å². The molecule has 2 N–H and O–H groups in total. The molecule has 0 unspecified atom stereocenters. The fourth-order valence-electron chi connectivity index (χ4n) is 2.57. The maximum atomic E-state index is 11.5. The van der Waals surface area contributed by atoms with Gasteiger partial charge in [0.05, 0.1) is 5.54 Å². The van der Waals surface area contributed by atoms with Gasteiger partial charge in [0, 0.05) is 38.0 Å². The molecule has 0 aromatic carbocycles. The molecule has 2 saturated heterocycles. The summed E-state index contributed by atoms with van der Waals surface area (Å²) in [6, 6.07) is 0.467. The van der Waals surface area contributed by atoms with E-state index in [4.69, 9.17) is 4.74 Å². The molecule has 1 saturated carbocycles. The Bertz CT molecular complexity index is 390.